The summed E-state index contributed by atoms with van der Waals surface area (Å²) in [7, 11) is 1.84. The lowest BCUT2D eigenvalue weighted by atomic mass is 10.2. The second kappa shape index (κ2) is 3.96. The number of carbonyl (C=O) groups excluding carboxylic acids is 1. The fourth-order valence-corrected chi connectivity index (χ4v) is 2.07. The molecule has 1 saturated carbocycles. The summed E-state index contributed by atoms with van der Waals surface area (Å²) in [5.74, 6) is 0.491. The maximum Gasteiger partial charge on any atom is 0.255 e. The van der Waals surface area contributed by atoms with Crippen LogP contribution in [0.1, 0.15) is 36.0 Å². The van der Waals surface area contributed by atoms with Gasteiger partial charge in [0.15, 0.2) is 0 Å². The van der Waals surface area contributed by atoms with Crippen LogP contribution in [0, 0.1) is 0 Å². The molecule has 1 aliphatic carbocycles. The van der Waals surface area contributed by atoms with Crippen molar-refractivity contribution in [2.45, 2.75) is 31.7 Å². The standard InChI is InChI=1S/C11H17N3O/c1-14-7-6-9(10(14)12)11(15)13-8-4-2-3-5-8/h6-8H,2-5,12H2,1H3,(H,13,15). The molecule has 3 N–H and O–H groups in total. The monoisotopic (exact) mass is 207 g/mol. The minimum absolute atomic E-state index is 0.0417. The van der Waals surface area contributed by atoms with E-state index in [2.05, 4.69) is 5.32 Å². The largest absolute Gasteiger partial charge is 0.384 e. The predicted molar refractivity (Wildman–Crippen MR) is 59.5 cm³/mol. The molecule has 0 radical (unpaired) electrons. The van der Waals surface area contributed by atoms with E-state index in [0.717, 1.165) is 12.8 Å². The van der Waals surface area contributed by atoms with E-state index in [9.17, 15) is 4.79 Å². The van der Waals surface area contributed by atoms with Crippen LogP contribution in [0.4, 0.5) is 5.82 Å². The molecule has 1 heterocycles. The normalized spacial score (nSPS) is 16.9. The molecule has 1 amide bonds. The third-order valence-electron chi connectivity index (χ3n) is 3.06. The van der Waals surface area contributed by atoms with Crippen molar-refractivity contribution >= 4 is 11.7 Å². The van der Waals surface area contributed by atoms with Crippen molar-refractivity contribution in [3.05, 3.63) is 17.8 Å². The highest BCUT2D eigenvalue weighted by molar-refractivity contribution is 5.98. The number of nitrogen functional groups attached to an aromatic ring is 1. The first-order valence-corrected chi connectivity index (χ1v) is 5.40. The maximum absolute atomic E-state index is 11.8. The summed E-state index contributed by atoms with van der Waals surface area (Å²) in [6, 6.07) is 2.11. The fourth-order valence-electron chi connectivity index (χ4n) is 2.07. The number of hydrogen-bond donors (Lipinski definition) is 2. The van der Waals surface area contributed by atoms with E-state index < -0.39 is 0 Å². The van der Waals surface area contributed by atoms with Gasteiger partial charge in [0.1, 0.15) is 5.82 Å². The first-order valence-electron chi connectivity index (χ1n) is 5.40. The van der Waals surface area contributed by atoms with Gasteiger partial charge in [0.25, 0.3) is 5.91 Å². The van der Waals surface area contributed by atoms with Crippen LogP contribution in [-0.2, 0) is 7.05 Å². The number of amides is 1. The molecule has 2 rings (SSSR count). The topological polar surface area (TPSA) is 60.0 Å². The van der Waals surface area contributed by atoms with Crippen molar-refractivity contribution in [1.29, 1.82) is 0 Å². The smallest absolute Gasteiger partial charge is 0.255 e. The van der Waals surface area contributed by atoms with E-state index in [4.69, 9.17) is 5.73 Å². The van der Waals surface area contributed by atoms with Gasteiger partial charge in [-0.2, -0.15) is 0 Å². The van der Waals surface area contributed by atoms with E-state index >= 15 is 0 Å². The van der Waals surface area contributed by atoms with E-state index in [1.165, 1.54) is 12.8 Å². The number of aryl methyl sites for hydroxylation is 1. The van der Waals surface area contributed by atoms with E-state index in [1.807, 2.05) is 7.05 Å². The molecule has 1 fully saturated rings. The minimum Gasteiger partial charge on any atom is -0.384 e. The summed E-state index contributed by atoms with van der Waals surface area (Å²) in [5.41, 5.74) is 6.37. The lowest BCUT2D eigenvalue weighted by Gasteiger charge is -2.11. The summed E-state index contributed by atoms with van der Waals surface area (Å²) in [5, 5.41) is 3.02. The van der Waals surface area contributed by atoms with Gasteiger partial charge in [-0.1, -0.05) is 12.8 Å². The number of hydrogen-bond acceptors (Lipinski definition) is 2. The summed E-state index contributed by atoms with van der Waals surface area (Å²) in [6.07, 6.45) is 6.43. The third kappa shape index (κ3) is 1.98. The van der Waals surface area contributed by atoms with E-state index in [0.29, 0.717) is 17.4 Å². The van der Waals surface area contributed by atoms with Crippen molar-refractivity contribution in [2.75, 3.05) is 5.73 Å². The second-order valence-corrected chi connectivity index (χ2v) is 4.18. The van der Waals surface area contributed by atoms with Crippen LogP contribution in [0.3, 0.4) is 0 Å². The first-order chi connectivity index (χ1) is 7.18. The molecule has 0 bridgehead atoms. The molecule has 0 aromatic carbocycles. The molecular formula is C11H17N3O. The zero-order valence-corrected chi connectivity index (χ0v) is 8.99. The van der Waals surface area contributed by atoms with Crippen LogP contribution < -0.4 is 11.1 Å². The van der Waals surface area contributed by atoms with Gasteiger partial charge in [-0.15, -0.1) is 0 Å². The Morgan fingerprint density at radius 3 is 2.73 bits per heavy atom. The zero-order valence-electron chi connectivity index (χ0n) is 8.99. The Hall–Kier alpha value is -1.45. The van der Waals surface area contributed by atoms with Crippen molar-refractivity contribution in [1.82, 2.24) is 9.88 Å². The Bertz CT molecular complexity index is 364. The molecule has 1 aliphatic rings. The van der Waals surface area contributed by atoms with Gasteiger partial charge in [-0.25, -0.2) is 0 Å². The molecule has 0 spiro atoms. The number of nitrogens with two attached hydrogens (primary N) is 1. The number of nitrogens with one attached hydrogen (secondary N) is 1. The molecule has 1 aromatic rings. The van der Waals surface area contributed by atoms with Crippen molar-refractivity contribution in [3.8, 4) is 0 Å². The van der Waals surface area contributed by atoms with Crippen LogP contribution in [0.15, 0.2) is 12.3 Å². The second-order valence-electron chi connectivity index (χ2n) is 4.18. The number of anilines is 1. The van der Waals surface area contributed by atoms with Crippen LogP contribution in [-0.4, -0.2) is 16.5 Å². The van der Waals surface area contributed by atoms with Gasteiger partial charge in [-0.05, 0) is 18.9 Å². The lowest BCUT2D eigenvalue weighted by molar-refractivity contribution is 0.0939. The summed E-state index contributed by atoms with van der Waals surface area (Å²) >= 11 is 0. The quantitative estimate of drug-likeness (QED) is 0.767. The van der Waals surface area contributed by atoms with Crippen LogP contribution >= 0.6 is 0 Å². The minimum atomic E-state index is -0.0417. The Kier molecular flexibility index (Phi) is 2.66. The molecule has 0 unspecified atom stereocenters. The molecule has 15 heavy (non-hydrogen) atoms. The molecule has 0 aliphatic heterocycles. The SMILES string of the molecule is Cn1ccc(C(=O)NC2CCCC2)c1N. The number of carbonyl (C=O) groups is 1. The lowest BCUT2D eigenvalue weighted by Crippen LogP contribution is -2.32. The van der Waals surface area contributed by atoms with Crippen LogP contribution in [0.25, 0.3) is 0 Å². The van der Waals surface area contributed by atoms with Crippen molar-refractivity contribution < 1.29 is 4.79 Å². The van der Waals surface area contributed by atoms with Gasteiger partial charge in [0, 0.05) is 19.3 Å². The predicted octanol–water partition coefficient (Wildman–Crippen LogP) is 1.28. The Morgan fingerprint density at radius 2 is 2.20 bits per heavy atom. The van der Waals surface area contributed by atoms with Crippen LogP contribution in [0.2, 0.25) is 0 Å². The van der Waals surface area contributed by atoms with E-state index in [-0.39, 0.29) is 5.91 Å². The highest BCUT2D eigenvalue weighted by atomic mass is 16.1. The number of nitrogens with zero attached hydrogens (tertiary/aromatic N) is 1. The molecule has 1 aromatic heterocycles. The van der Waals surface area contributed by atoms with Crippen molar-refractivity contribution in [3.63, 3.8) is 0 Å². The van der Waals surface area contributed by atoms with Gasteiger partial charge < -0.3 is 15.6 Å². The molecule has 4 nitrogen and oxygen atoms in total. The maximum atomic E-state index is 11.8. The van der Waals surface area contributed by atoms with Crippen molar-refractivity contribution in [2.24, 2.45) is 7.05 Å². The average molecular weight is 207 g/mol. The Morgan fingerprint density at radius 1 is 1.53 bits per heavy atom. The van der Waals surface area contributed by atoms with Gasteiger partial charge >= 0.3 is 0 Å². The molecule has 0 saturated heterocycles. The van der Waals surface area contributed by atoms with Gasteiger partial charge in [0.05, 0.1) is 5.56 Å². The average Bonchev–Trinajstić information content (AvgIpc) is 2.79. The number of aromatic nitrogens is 1. The Labute approximate surface area is 89.5 Å². The highest BCUT2D eigenvalue weighted by Gasteiger charge is 2.19. The molecule has 4 heteroatoms. The van der Waals surface area contributed by atoms with E-state index in [1.54, 1.807) is 16.8 Å². The summed E-state index contributed by atoms with van der Waals surface area (Å²) in [6.45, 7) is 0. The van der Waals surface area contributed by atoms with Gasteiger partial charge in [-0.3, -0.25) is 4.79 Å². The zero-order chi connectivity index (χ0) is 10.8. The van der Waals surface area contributed by atoms with Gasteiger partial charge in [0.2, 0.25) is 0 Å². The first kappa shape index (κ1) is 10.1. The summed E-state index contributed by atoms with van der Waals surface area (Å²) in [4.78, 5) is 11.8. The number of rotatable bonds is 2. The van der Waals surface area contributed by atoms with Crippen LogP contribution in [0.5, 0.6) is 0 Å². The molecular weight excluding hydrogens is 190 g/mol. The fraction of sp³-hybridized carbons (Fsp3) is 0.545. The molecule has 0 atom stereocenters. The third-order valence-corrected chi connectivity index (χ3v) is 3.06. The molecule has 82 valence electrons. The summed E-state index contributed by atoms with van der Waals surface area (Å²) < 4.78 is 1.75. The highest BCUT2D eigenvalue weighted by Crippen LogP contribution is 2.19. The Balaban J connectivity index is 2.04.